The predicted octanol–water partition coefficient (Wildman–Crippen LogP) is 3.80. The number of fused-ring (bicyclic) bond motifs is 1. The van der Waals surface area contributed by atoms with Crippen LogP contribution in [0.15, 0.2) is 60.7 Å². The second kappa shape index (κ2) is 5.70. The average Bonchev–Trinajstić information content (AvgIpc) is 3.05. The molecule has 1 unspecified atom stereocenters. The molecule has 3 aromatic rings. The Bertz CT molecular complexity index is 978. The third-order valence-electron chi connectivity index (χ3n) is 4.70. The number of H-pyrrole nitrogens is 1. The highest BCUT2D eigenvalue weighted by Crippen LogP contribution is 2.41. The lowest BCUT2D eigenvalue weighted by atomic mass is 9.68. The number of aromatic carboxylic acids is 1. The third-order valence-corrected chi connectivity index (χ3v) is 4.70. The first kappa shape index (κ1) is 15.3. The number of aromatic nitrogens is 2. The van der Waals surface area contributed by atoms with Gasteiger partial charge in [0.2, 0.25) is 0 Å². The number of hydrogen-bond donors (Lipinski definition) is 2. The van der Waals surface area contributed by atoms with Crippen molar-refractivity contribution in [2.24, 2.45) is 0 Å². The largest absolute Gasteiger partial charge is 0.476 e. The Morgan fingerprint density at radius 2 is 1.88 bits per heavy atom. The maximum absolute atomic E-state index is 13.9. The Kier molecular flexibility index (Phi) is 3.50. The lowest BCUT2D eigenvalue weighted by Crippen LogP contribution is -2.30. The molecule has 1 aromatic heterocycles. The zero-order chi connectivity index (χ0) is 17.4. The second-order valence-corrected chi connectivity index (χ2v) is 6.13. The fourth-order valence-corrected chi connectivity index (χ4v) is 3.49. The number of carboxylic acid groups (broad SMARTS) is 1. The van der Waals surface area contributed by atoms with Crippen LogP contribution in [-0.4, -0.2) is 21.3 Å². The summed E-state index contributed by atoms with van der Waals surface area (Å²) < 4.78 is 13.9. The Balaban J connectivity index is 1.92. The molecule has 1 aliphatic rings. The lowest BCUT2D eigenvalue weighted by molar-refractivity contribution is 0.0690. The van der Waals surface area contributed by atoms with E-state index in [0.717, 1.165) is 16.8 Å². The fraction of sp³-hybridized carbons (Fsp3) is 0.100. The number of carboxylic acids is 1. The van der Waals surface area contributed by atoms with Gasteiger partial charge in [0.1, 0.15) is 5.82 Å². The molecular formula is C20H15FN2O2. The van der Waals surface area contributed by atoms with Gasteiger partial charge in [0, 0.05) is 23.1 Å². The van der Waals surface area contributed by atoms with Gasteiger partial charge < -0.3 is 5.11 Å². The molecule has 124 valence electrons. The summed E-state index contributed by atoms with van der Waals surface area (Å²) in [6, 6.07) is 16.3. The minimum Gasteiger partial charge on any atom is -0.476 e. The molecule has 1 aliphatic carbocycles. The van der Waals surface area contributed by atoms with Crippen LogP contribution < -0.4 is 0 Å². The van der Waals surface area contributed by atoms with Crippen LogP contribution in [-0.2, 0) is 11.8 Å². The van der Waals surface area contributed by atoms with Crippen molar-refractivity contribution in [1.29, 1.82) is 0 Å². The molecule has 2 N–H and O–H groups in total. The highest BCUT2D eigenvalue weighted by Gasteiger charge is 2.37. The van der Waals surface area contributed by atoms with Crippen molar-refractivity contribution in [3.05, 3.63) is 94.6 Å². The van der Waals surface area contributed by atoms with Gasteiger partial charge in [-0.05, 0) is 23.3 Å². The van der Waals surface area contributed by atoms with E-state index in [0.29, 0.717) is 12.0 Å². The second-order valence-electron chi connectivity index (χ2n) is 6.13. The number of aromatic amines is 1. The maximum Gasteiger partial charge on any atom is 0.357 e. The molecule has 0 fully saturated rings. The smallest absolute Gasteiger partial charge is 0.357 e. The lowest BCUT2D eigenvalue weighted by Gasteiger charge is -2.34. The molecule has 0 amide bonds. The molecule has 0 radical (unpaired) electrons. The molecular weight excluding hydrogens is 319 g/mol. The molecule has 4 rings (SSSR count). The van der Waals surface area contributed by atoms with E-state index in [1.807, 2.05) is 42.5 Å². The summed E-state index contributed by atoms with van der Waals surface area (Å²) in [7, 11) is 0. The molecule has 0 aliphatic heterocycles. The molecule has 0 saturated heterocycles. The van der Waals surface area contributed by atoms with Gasteiger partial charge in [-0.3, -0.25) is 5.10 Å². The van der Waals surface area contributed by atoms with Crippen LogP contribution >= 0.6 is 0 Å². The molecule has 1 atom stereocenters. The number of nitrogens with one attached hydrogen (secondary N) is 1. The predicted molar refractivity (Wildman–Crippen MR) is 91.9 cm³/mol. The topological polar surface area (TPSA) is 66.0 Å². The molecule has 25 heavy (non-hydrogen) atoms. The van der Waals surface area contributed by atoms with Crippen molar-refractivity contribution in [3.63, 3.8) is 0 Å². The number of halogens is 1. The number of allylic oxidation sites excluding steroid dienone is 1. The van der Waals surface area contributed by atoms with Crippen LogP contribution in [0.5, 0.6) is 0 Å². The summed E-state index contributed by atoms with van der Waals surface area (Å²) in [5.74, 6) is -1.37. The van der Waals surface area contributed by atoms with Gasteiger partial charge in [-0.1, -0.05) is 54.6 Å². The molecule has 0 saturated carbocycles. The van der Waals surface area contributed by atoms with Gasteiger partial charge in [0.05, 0.1) is 0 Å². The summed E-state index contributed by atoms with van der Waals surface area (Å²) >= 11 is 0. The monoisotopic (exact) mass is 334 g/mol. The van der Waals surface area contributed by atoms with Crippen molar-refractivity contribution in [1.82, 2.24) is 10.2 Å². The first-order chi connectivity index (χ1) is 12.1. The van der Waals surface area contributed by atoms with E-state index in [1.54, 1.807) is 12.1 Å². The summed E-state index contributed by atoms with van der Waals surface area (Å²) in [5.41, 5.74) is 2.55. The van der Waals surface area contributed by atoms with Crippen molar-refractivity contribution >= 4 is 12.0 Å². The van der Waals surface area contributed by atoms with Crippen LogP contribution in [0.2, 0.25) is 0 Å². The summed E-state index contributed by atoms with van der Waals surface area (Å²) in [6.45, 7) is 0. The molecule has 2 aromatic carbocycles. The first-order valence-corrected chi connectivity index (χ1v) is 7.91. The maximum atomic E-state index is 13.9. The van der Waals surface area contributed by atoms with E-state index in [-0.39, 0.29) is 11.5 Å². The molecule has 4 nitrogen and oxygen atoms in total. The van der Waals surface area contributed by atoms with Gasteiger partial charge in [0.25, 0.3) is 0 Å². The Labute approximate surface area is 143 Å². The first-order valence-electron chi connectivity index (χ1n) is 7.91. The fourth-order valence-electron chi connectivity index (χ4n) is 3.49. The average molecular weight is 334 g/mol. The van der Waals surface area contributed by atoms with Crippen LogP contribution in [0.1, 0.15) is 32.9 Å². The SMILES string of the molecule is O=C(O)c1n[nH]c2c1C=CC(c1ccccc1)(c1cccc(F)c1)C2. The zero-order valence-corrected chi connectivity index (χ0v) is 13.2. The number of rotatable bonds is 3. The van der Waals surface area contributed by atoms with Crippen molar-refractivity contribution in [2.45, 2.75) is 11.8 Å². The molecule has 0 spiro atoms. The van der Waals surface area contributed by atoms with Crippen molar-refractivity contribution < 1.29 is 14.3 Å². The zero-order valence-electron chi connectivity index (χ0n) is 13.2. The van der Waals surface area contributed by atoms with E-state index < -0.39 is 11.4 Å². The Morgan fingerprint density at radius 3 is 2.60 bits per heavy atom. The Morgan fingerprint density at radius 1 is 1.12 bits per heavy atom. The molecule has 1 heterocycles. The third kappa shape index (κ3) is 2.45. The van der Waals surface area contributed by atoms with Gasteiger partial charge in [-0.15, -0.1) is 0 Å². The van der Waals surface area contributed by atoms with Gasteiger partial charge in [-0.2, -0.15) is 5.10 Å². The van der Waals surface area contributed by atoms with E-state index in [9.17, 15) is 14.3 Å². The highest BCUT2D eigenvalue weighted by atomic mass is 19.1. The molecule has 5 heteroatoms. The minimum atomic E-state index is -1.07. The summed E-state index contributed by atoms with van der Waals surface area (Å²) in [5, 5.41) is 16.0. The highest BCUT2D eigenvalue weighted by molar-refractivity contribution is 5.91. The van der Waals surface area contributed by atoms with E-state index in [1.165, 1.54) is 12.1 Å². The van der Waals surface area contributed by atoms with Gasteiger partial charge >= 0.3 is 5.97 Å². The van der Waals surface area contributed by atoms with Crippen LogP contribution in [0, 0.1) is 5.82 Å². The quantitative estimate of drug-likeness (QED) is 0.765. The number of carbonyl (C=O) groups is 1. The Hall–Kier alpha value is -3.21. The van der Waals surface area contributed by atoms with Crippen LogP contribution in [0.3, 0.4) is 0 Å². The number of nitrogens with zero attached hydrogens (tertiary/aromatic N) is 1. The molecule has 0 bridgehead atoms. The van der Waals surface area contributed by atoms with E-state index in [2.05, 4.69) is 10.2 Å². The van der Waals surface area contributed by atoms with Gasteiger partial charge in [0.15, 0.2) is 5.69 Å². The van der Waals surface area contributed by atoms with Crippen LogP contribution in [0.4, 0.5) is 4.39 Å². The minimum absolute atomic E-state index is 0.00662. The summed E-state index contributed by atoms with van der Waals surface area (Å²) in [6.07, 6.45) is 4.19. The van der Waals surface area contributed by atoms with E-state index in [4.69, 9.17) is 0 Å². The van der Waals surface area contributed by atoms with E-state index >= 15 is 0 Å². The number of benzene rings is 2. The standard InChI is InChI=1S/C20H15FN2O2/c21-15-8-4-7-14(11-15)20(13-5-2-1-3-6-13)10-9-16-17(12-20)22-23-18(16)19(24)25/h1-11H,12H2,(H,22,23)(H,24,25). The van der Waals surface area contributed by atoms with Crippen LogP contribution in [0.25, 0.3) is 6.08 Å². The number of hydrogen-bond acceptors (Lipinski definition) is 2. The van der Waals surface area contributed by atoms with Crippen molar-refractivity contribution in [2.75, 3.05) is 0 Å². The normalized spacial score (nSPS) is 18.8. The van der Waals surface area contributed by atoms with Gasteiger partial charge in [-0.25, -0.2) is 9.18 Å². The summed E-state index contributed by atoms with van der Waals surface area (Å²) in [4.78, 5) is 11.3. The van der Waals surface area contributed by atoms with Crippen molar-refractivity contribution in [3.8, 4) is 0 Å².